The second-order valence-corrected chi connectivity index (χ2v) is 8.28. The molecule has 2 aliphatic rings. The molecule has 1 saturated heterocycles. The van der Waals surface area contributed by atoms with Crippen LogP contribution in [0.2, 0.25) is 0 Å². The SMILES string of the molecule is CCOc1cccc([C@H]2C(=C(O)c3ccc4c(c3)OCCO4)C(=O)C(=O)N2Cc2ccccc2)c1. The van der Waals surface area contributed by atoms with Gasteiger partial charge in [-0.15, -0.1) is 0 Å². The van der Waals surface area contributed by atoms with Crippen LogP contribution in [0.15, 0.2) is 78.4 Å². The second-order valence-electron chi connectivity index (χ2n) is 8.28. The topological polar surface area (TPSA) is 85.3 Å². The van der Waals surface area contributed by atoms with Gasteiger partial charge in [0.2, 0.25) is 0 Å². The largest absolute Gasteiger partial charge is 0.507 e. The number of nitrogens with zero attached hydrogens (tertiary/aromatic N) is 1. The summed E-state index contributed by atoms with van der Waals surface area (Å²) in [6, 6.07) is 20.9. The molecule has 5 rings (SSSR count). The first-order valence-electron chi connectivity index (χ1n) is 11.5. The van der Waals surface area contributed by atoms with Crippen molar-refractivity contribution in [3.05, 3.63) is 95.1 Å². The lowest BCUT2D eigenvalue weighted by atomic mass is 9.95. The predicted molar refractivity (Wildman–Crippen MR) is 129 cm³/mol. The lowest BCUT2D eigenvalue weighted by molar-refractivity contribution is -0.140. The number of aliphatic hydroxyl groups excluding tert-OH is 1. The summed E-state index contributed by atoms with van der Waals surface area (Å²) < 4.78 is 16.9. The lowest BCUT2D eigenvalue weighted by Gasteiger charge is -2.26. The monoisotopic (exact) mass is 471 g/mol. The number of fused-ring (bicyclic) bond motifs is 1. The van der Waals surface area contributed by atoms with E-state index in [2.05, 4.69) is 0 Å². The van der Waals surface area contributed by atoms with E-state index in [0.29, 0.717) is 48.2 Å². The Morgan fingerprint density at radius 3 is 2.51 bits per heavy atom. The van der Waals surface area contributed by atoms with Crippen LogP contribution >= 0.6 is 0 Å². The molecule has 35 heavy (non-hydrogen) atoms. The number of likely N-dealkylation sites (tertiary alicyclic amines) is 1. The van der Waals surface area contributed by atoms with Crippen LogP contribution in [0, 0.1) is 0 Å². The number of carbonyl (C=O) groups excluding carboxylic acids is 2. The zero-order valence-corrected chi connectivity index (χ0v) is 19.3. The Bertz CT molecular complexity index is 1300. The molecular formula is C28H25NO6. The van der Waals surface area contributed by atoms with Crippen molar-refractivity contribution in [2.45, 2.75) is 19.5 Å². The molecule has 3 aromatic rings. The number of aliphatic hydroxyl groups is 1. The van der Waals surface area contributed by atoms with Crippen molar-refractivity contribution in [2.24, 2.45) is 0 Å². The molecule has 7 nitrogen and oxygen atoms in total. The maximum Gasteiger partial charge on any atom is 0.295 e. The van der Waals surface area contributed by atoms with Gasteiger partial charge in [0, 0.05) is 12.1 Å². The number of hydrogen-bond donors (Lipinski definition) is 1. The van der Waals surface area contributed by atoms with Crippen LogP contribution in [-0.4, -0.2) is 41.5 Å². The van der Waals surface area contributed by atoms with Gasteiger partial charge in [-0.1, -0.05) is 42.5 Å². The minimum Gasteiger partial charge on any atom is -0.507 e. The van der Waals surface area contributed by atoms with Gasteiger partial charge >= 0.3 is 0 Å². The van der Waals surface area contributed by atoms with E-state index in [9.17, 15) is 14.7 Å². The van der Waals surface area contributed by atoms with Gasteiger partial charge in [-0.05, 0) is 48.4 Å². The van der Waals surface area contributed by atoms with E-state index in [-0.39, 0.29) is 17.9 Å². The van der Waals surface area contributed by atoms with Crippen molar-refractivity contribution in [3.8, 4) is 17.2 Å². The highest BCUT2D eigenvalue weighted by Gasteiger charge is 2.46. The zero-order valence-electron chi connectivity index (χ0n) is 19.3. The maximum absolute atomic E-state index is 13.3. The molecule has 7 heteroatoms. The van der Waals surface area contributed by atoms with Crippen molar-refractivity contribution >= 4 is 17.4 Å². The van der Waals surface area contributed by atoms with Crippen molar-refractivity contribution in [2.75, 3.05) is 19.8 Å². The third-order valence-corrected chi connectivity index (χ3v) is 6.04. The molecule has 0 bridgehead atoms. The van der Waals surface area contributed by atoms with Gasteiger partial charge in [0.25, 0.3) is 11.7 Å². The number of Topliss-reactive ketones (excluding diaryl/α,β-unsaturated/α-hetero) is 1. The van der Waals surface area contributed by atoms with E-state index >= 15 is 0 Å². The van der Waals surface area contributed by atoms with E-state index < -0.39 is 17.7 Å². The van der Waals surface area contributed by atoms with Crippen LogP contribution < -0.4 is 14.2 Å². The Morgan fingerprint density at radius 2 is 1.74 bits per heavy atom. The Morgan fingerprint density at radius 1 is 0.971 bits per heavy atom. The number of carbonyl (C=O) groups is 2. The highest BCUT2D eigenvalue weighted by atomic mass is 16.6. The van der Waals surface area contributed by atoms with Crippen LogP contribution in [0.4, 0.5) is 0 Å². The fourth-order valence-corrected chi connectivity index (χ4v) is 4.46. The zero-order chi connectivity index (χ0) is 24.4. The maximum atomic E-state index is 13.3. The van der Waals surface area contributed by atoms with E-state index in [1.165, 1.54) is 4.90 Å². The molecule has 178 valence electrons. The molecule has 2 heterocycles. The number of ether oxygens (including phenoxy) is 3. The summed E-state index contributed by atoms with van der Waals surface area (Å²) >= 11 is 0. The van der Waals surface area contributed by atoms with Crippen LogP contribution in [0.25, 0.3) is 5.76 Å². The van der Waals surface area contributed by atoms with Gasteiger partial charge in [0.05, 0.1) is 18.2 Å². The van der Waals surface area contributed by atoms with Crippen molar-refractivity contribution in [3.63, 3.8) is 0 Å². The molecule has 0 saturated carbocycles. The highest BCUT2D eigenvalue weighted by Crippen LogP contribution is 2.42. The van der Waals surface area contributed by atoms with Crippen molar-refractivity contribution in [1.82, 2.24) is 4.90 Å². The summed E-state index contributed by atoms with van der Waals surface area (Å²) in [5.41, 5.74) is 1.94. The van der Waals surface area contributed by atoms with Crippen molar-refractivity contribution < 1.29 is 28.9 Å². The summed E-state index contributed by atoms with van der Waals surface area (Å²) in [6.45, 7) is 3.41. The molecule has 0 spiro atoms. The molecule has 0 radical (unpaired) electrons. The summed E-state index contributed by atoms with van der Waals surface area (Å²) in [4.78, 5) is 28.0. The van der Waals surface area contributed by atoms with Gasteiger partial charge in [-0.3, -0.25) is 9.59 Å². The van der Waals surface area contributed by atoms with Crippen LogP contribution in [-0.2, 0) is 16.1 Å². The fourth-order valence-electron chi connectivity index (χ4n) is 4.46. The average molecular weight is 472 g/mol. The van der Waals surface area contributed by atoms with Gasteiger partial charge in [-0.2, -0.15) is 0 Å². The van der Waals surface area contributed by atoms with Crippen LogP contribution in [0.5, 0.6) is 17.2 Å². The third kappa shape index (κ3) is 4.33. The molecule has 3 aromatic carbocycles. The van der Waals surface area contributed by atoms with Gasteiger partial charge in [0.1, 0.15) is 24.7 Å². The summed E-state index contributed by atoms with van der Waals surface area (Å²) in [7, 11) is 0. The minimum absolute atomic E-state index is 0.0243. The van der Waals surface area contributed by atoms with E-state index in [1.54, 1.807) is 24.3 Å². The summed E-state index contributed by atoms with van der Waals surface area (Å²) in [5.74, 6) is 0.00391. The number of hydrogen-bond acceptors (Lipinski definition) is 6. The Balaban J connectivity index is 1.63. The first-order valence-corrected chi connectivity index (χ1v) is 11.5. The van der Waals surface area contributed by atoms with Gasteiger partial charge in [0.15, 0.2) is 11.5 Å². The number of benzene rings is 3. The Labute approximate surface area is 203 Å². The second kappa shape index (κ2) is 9.54. The number of ketones is 1. The molecule has 1 atom stereocenters. The molecular weight excluding hydrogens is 446 g/mol. The van der Waals surface area contributed by atoms with Crippen LogP contribution in [0.1, 0.15) is 29.7 Å². The van der Waals surface area contributed by atoms with E-state index in [4.69, 9.17) is 14.2 Å². The van der Waals surface area contributed by atoms with E-state index in [0.717, 1.165) is 5.56 Å². The summed E-state index contributed by atoms with van der Waals surface area (Å²) in [6.07, 6.45) is 0. The molecule has 1 amide bonds. The molecule has 0 aromatic heterocycles. The van der Waals surface area contributed by atoms with Crippen LogP contribution in [0.3, 0.4) is 0 Å². The average Bonchev–Trinajstić information content (AvgIpc) is 3.14. The predicted octanol–water partition coefficient (Wildman–Crippen LogP) is 4.48. The smallest absolute Gasteiger partial charge is 0.295 e. The molecule has 1 N–H and O–H groups in total. The first-order chi connectivity index (χ1) is 17.1. The summed E-state index contributed by atoms with van der Waals surface area (Å²) in [5, 5.41) is 11.4. The quantitative estimate of drug-likeness (QED) is 0.324. The molecule has 0 unspecified atom stereocenters. The third-order valence-electron chi connectivity index (χ3n) is 6.04. The van der Waals surface area contributed by atoms with Crippen molar-refractivity contribution in [1.29, 1.82) is 0 Å². The van der Waals surface area contributed by atoms with E-state index in [1.807, 2.05) is 55.5 Å². The first kappa shape index (κ1) is 22.5. The standard InChI is InChI=1S/C28H25NO6/c1-2-33-21-10-6-9-19(15-21)25-24(26(30)20-11-12-22-23(16-20)35-14-13-34-22)27(31)28(32)29(25)17-18-7-4-3-5-8-18/h3-12,15-16,25,30H,2,13-14,17H2,1H3/t25-/m0/s1. The highest BCUT2D eigenvalue weighted by molar-refractivity contribution is 6.46. The van der Waals surface area contributed by atoms with Gasteiger partial charge in [-0.25, -0.2) is 0 Å². The minimum atomic E-state index is -0.788. The normalized spacial score (nSPS) is 18.5. The molecule has 0 aliphatic carbocycles. The number of rotatable bonds is 6. The Hall–Kier alpha value is -4.26. The van der Waals surface area contributed by atoms with Gasteiger partial charge < -0.3 is 24.2 Å². The molecule has 2 aliphatic heterocycles. The number of amides is 1. The molecule has 1 fully saturated rings. The Kier molecular flexibility index (Phi) is 6.14. The fraction of sp³-hybridized carbons (Fsp3) is 0.214. The lowest BCUT2D eigenvalue weighted by Crippen LogP contribution is -2.29.